The highest BCUT2D eigenvalue weighted by Crippen LogP contribution is 2.10. The average molecular weight is 332 g/mol. The zero-order valence-corrected chi connectivity index (χ0v) is 13.8. The Morgan fingerprint density at radius 2 is 1.61 bits per heavy atom. The van der Waals surface area contributed by atoms with Crippen LogP contribution in [0.1, 0.15) is 16.8 Å². The van der Waals surface area contributed by atoms with Crippen LogP contribution < -0.4 is 10.6 Å². The van der Waals surface area contributed by atoms with Crippen molar-refractivity contribution in [3.8, 4) is 0 Å². The van der Waals surface area contributed by atoms with Crippen LogP contribution in [0, 0.1) is 0 Å². The largest absolute Gasteiger partial charge is 0.385 e. The van der Waals surface area contributed by atoms with E-state index in [1.807, 2.05) is 30.3 Å². The standard InChI is InChI=1S/C17H20N2O3S/c1-23(21,22)16-10-8-14(9-11-16)17(20)19-13-5-12-18-15-6-3-2-4-7-15/h2-4,6-11,18H,5,12-13H2,1H3,(H,19,20). The van der Waals surface area contributed by atoms with E-state index in [0.717, 1.165) is 24.9 Å². The first-order chi connectivity index (χ1) is 11.0. The van der Waals surface area contributed by atoms with Gasteiger partial charge in [-0.05, 0) is 42.8 Å². The molecule has 2 aromatic carbocycles. The van der Waals surface area contributed by atoms with E-state index in [4.69, 9.17) is 0 Å². The summed E-state index contributed by atoms with van der Waals surface area (Å²) >= 11 is 0. The minimum absolute atomic E-state index is 0.204. The third-order valence-electron chi connectivity index (χ3n) is 3.29. The molecule has 0 bridgehead atoms. The van der Waals surface area contributed by atoms with Crippen molar-refractivity contribution in [1.29, 1.82) is 0 Å². The fourth-order valence-corrected chi connectivity index (χ4v) is 2.67. The highest BCUT2D eigenvalue weighted by Gasteiger charge is 2.09. The fraction of sp³-hybridized carbons (Fsp3) is 0.235. The van der Waals surface area contributed by atoms with Crippen LogP contribution in [0.5, 0.6) is 0 Å². The molecule has 0 aliphatic rings. The maximum atomic E-state index is 12.0. The second-order valence-electron chi connectivity index (χ2n) is 5.20. The number of anilines is 1. The Labute approximate surface area is 136 Å². The number of hydrogen-bond donors (Lipinski definition) is 2. The monoisotopic (exact) mass is 332 g/mol. The summed E-state index contributed by atoms with van der Waals surface area (Å²) in [7, 11) is -3.24. The predicted molar refractivity (Wildman–Crippen MR) is 91.4 cm³/mol. The zero-order chi connectivity index (χ0) is 16.7. The van der Waals surface area contributed by atoms with E-state index in [2.05, 4.69) is 10.6 Å². The Morgan fingerprint density at radius 3 is 2.22 bits per heavy atom. The Kier molecular flexibility index (Phi) is 5.76. The van der Waals surface area contributed by atoms with Gasteiger partial charge in [0.1, 0.15) is 0 Å². The lowest BCUT2D eigenvalue weighted by molar-refractivity contribution is 0.0953. The molecule has 0 spiro atoms. The number of carbonyl (C=O) groups is 1. The molecule has 0 aliphatic heterocycles. The van der Waals surface area contributed by atoms with Crippen molar-refractivity contribution < 1.29 is 13.2 Å². The summed E-state index contributed by atoms with van der Waals surface area (Å²) in [6.07, 6.45) is 1.93. The number of rotatable bonds is 7. The normalized spacial score (nSPS) is 11.0. The number of amides is 1. The Hall–Kier alpha value is -2.34. The third-order valence-corrected chi connectivity index (χ3v) is 4.42. The maximum Gasteiger partial charge on any atom is 0.251 e. The van der Waals surface area contributed by atoms with Crippen molar-refractivity contribution in [3.05, 3.63) is 60.2 Å². The molecule has 2 aromatic rings. The molecule has 0 aromatic heterocycles. The van der Waals surface area contributed by atoms with Crippen molar-refractivity contribution in [2.75, 3.05) is 24.7 Å². The van der Waals surface area contributed by atoms with Crippen LogP contribution in [0.15, 0.2) is 59.5 Å². The highest BCUT2D eigenvalue weighted by atomic mass is 32.2. The lowest BCUT2D eigenvalue weighted by Gasteiger charge is -2.08. The molecule has 2 rings (SSSR count). The third kappa shape index (κ3) is 5.41. The molecule has 5 nitrogen and oxygen atoms in total. The van der Waals surface area contributed by atoms with E-state index in [9.17, 15) is 13.2 Å². The molecule has 0 aliphatic carbocycles. The van der Waals surface area contributed by atoms with E-state index >= 15 is 0 Å². The Balaban J connectivity index is 1.74. The van der Waals surface area contributed by atoms with Crippen molar-refractivity contribution in [2.45, 2.75) is 11.3 Å². The van der Waals surface area contributed by atoms with Crippen LogP contribution in [0.4, 0.5) is 5.69 Å². The number of carbonyl (C=O) groups excluding carboxylic acids is 1. The van der Waals surface area contributed by atoms with Crippen molar-refractivity contribution in [3.63, 3.8) is 0 Å². The summed E-state index contributed by atoms with van der Waals surface area (Å²) in [5, 5.41) is 6.08. The lowest BCUT2D eigenvalue weighted by Crippen LogP contribution is -2.25. The van der Waals surface area contributed by atoms with Gasteiger partial charge in [0, 0.05) is 30.6 Å². The number of nitrogens with one attached hydrogen (secondary N) is 2. The van der Waals surface area contributed by atoms with Gasteiger partial charge in [0.15, 0.2) is 9.84 Å². The van der Waals surface area contributed by atoms with Crippen LogP contribution in [-0.2, 0) is 9.84 Å². The molecule has 0 heterocycles. The van der Waals surface area contributed by atoms with Crippen molar-refractivity contribution >= 4 is 21.4 Å². The van der Waals surface area contributed by atoms with Gasteiger partial charge in [0.05, 0.1) is 4.90 Å². The van der Waals surface area contributed by atoms with Gasteiger partial charge in [0.25, 0.3) is 5.91 Å². The molecule has 122 valence electrons. The second kappa shape index (κ2) is 7.78. The van der Waals surface area contributed by atoms with Crippen LogP contribution in [0.2, 0.25) is 0 Å². The maximum absolute atomic E-state index is 12.0. The molecular weight excluding hydrogens is 312 g/mol. The number of sulfone groups is 1. The second-order valence-corrected chi connectivity index (χ2v) is 7.21. The zero-order valence-electron chi connectivity index (χ0n) is 13.0. The quantitative estimate of drug-likeness (QED) is 0.763. The van der Waals surface area contributed by atoms with Gasteiger partial charge in [-0.15, -0.1) is 0 Å². The molecule has 0 saturated carbocycles. The summed E-state index contributed by atoms with van der Waals surface area (Å²) in [5.41, 5.74) is 1.50. The minimum atomic E-state index is -3.24. The van der Waals surface area contributed by atoms with Gasteiger partial charge in [-0.2, -0.15) is 0 Å². The molecule has 0 atom stereocenters. The predicted octanol–water partition coefficient (Wildman–Crippen LogP) is 2.32. The lowest BCUT2D eigenvalue weighted by atomic mass is 10.2. The van der Waals surface area contributed by atoms with Crippen LogP contribution in [0.25, 0.3) is 0 Å². The topological polar surface area (TPSA) is 75.3 Å². The Morgan fingerprint density at radius 1 is 0.957 bits per heavy atom. The van der Waals surface area contributed by atoms with Crippen LogP contribution in [0.3, 0.4) is 0 Å². The first kappa shape index (κ1) is 17.0. The smallest absolute Gasteiger partial charge is 0.251 e. The van der Waals surface area contributed by atoms with Gasteiger partial charge in [-0.1, -0.05) is 18.2 Å². The highest BCUT2D eigenvalue weighted by molar-refractivity contribution is 7.90. The van der Waals surface area contributed by atoms with Gasteiger partial charge >= 0.3 is 0 Å². The van der Waals surface area contributed by atoms with Gasteiger partial charge < -0.3 is 10.6 Å². The van der Waals surface area contributed by atoms with Gasteiger partial charge in [-0.25, -0.2) is 8.42 Å². The van der Waals surface area contributed by atoms with E-state index in [0.29, 0.717) is 12.1 Å². The van der Waals surface area contributed by atoms with E-state index in [1.165, 1.54) is 24.3 Å². The minimum Gasteiger partial charge on any atom is -0.385 e. The molecule has 6 heteroatoms. The van der Waals surface area contributed by atoms with E-state index in [1.54, 1.807) is 0 Å². The molecule has 0 saturated heterocycles. The fourth-order valence-electron chi connectivity index (χ4n) is 2.03. The molecule has 0 fully saturated rings. The van der Waals surface area contributed by atoms with Crippen molar-refractivity contribution in [2.24, 2.45) is 0 Å². The summed E-state index contributed by atoms with van der Waals surface area (Å²) in [5.74, 6) is -0.204. The molecule has 0 radical (unpaired) electrons. The summed E-state index contributed by atoms with van der Waals surface area (Å²) in [4.78, 5) is 12.2. The number of benzene rings is 2. The van der Waals surface area contributed by atoms with Gasteiger partial charge in [0.2, 0.25) is 0 Å². The van der Waals surface area contributed by atoms with E-state index < -0.39 is 9.84 Å². The van der Waals surface area contributed by atoms with E-state index in [-0.39, 0.29) is 10.8 Å². The molecule has 0 unspecified atom stereocenters. The SMILES string of the molecule is CS(=O)(=O)c1ccc(C(=O)NCCCNc2ccccc2)cc1. The molecular formula is C17H20N2O3S. The molecule has 2 N–H and O–H groups in total. The number of para-hydroxylation sites is 1. The van der Waals surface area contributed by atoms with Crippen LogP contribution in [-0.4, -0.2) is 33.7 Å². The van der Waals surface area contributed by atoms with Crippen LogP contribution >= 0.6 is 0 Å². The summed E-state index contributed by atoms with van der Waals surface area (Å²) < 4.78 is 22.7. The first-order valence-electron chi connectivity index (χ1n) is 7.34. The average Bonchev–Trinajstić information content (AvgIpc) is 2.54. The molecule has 1 amide bonds. The summed E-state index contributed by atoms with van der Waals surface area (Å²) in [6.45, 7) is 1.31. The van der Waals surface area contributed by atoms with Gasteiger partial charge in [-0.3, -0.25) is 4.79 Å². The number of hydrogen-bond acceptors (Lipinski definition) is 4. The molecule has 23 heavy (non-hydrogen) atoms. The van der Waals surface area contributed by atoms with Crippen molar-refractivity contribution in [1.82, 2.24) is 5.32 Å². The summed E-state index contributed by atoms with van der Waals surface area (Å²) in [6, 6.07) is 15.8. The first-order valence-corrected chi connectivity index (χ1v) is 9.23. The Bertz CT molecular complexity index is 741.